The number of amides is 1. The number of fused-ring (bicyclic) bond motifs is 3. The van der Waals surface area contributed by atoms with Crippen LogP contribution in [0.3, 0.4) is 0 Å². The Kier molecular flexibility index (Phi) is 5.32. The average molecular weight is 478 g/mol. The molecule has 1 aliphatic heterocycles. The number of likely N-dealkylation sites (tertiary alicyclic amines) is 1. The van der Waals surface area contributed by atoms with Crippen LogP contribution in [0, 0.1) is 0 Å². The number of nitrogens with zero attached hydrogens (tertiary/aromatic N) is 1. The molecule has 0 aromatic heterocycles. The summed E-state index contributed by atoms with van der Waals surface area (Å²) < 4.78 is 6.76. The van der Waals surface area contributed by atoms with Crippen LogP contribution in [0.2, 0.25) is 0 Å². The fraction of sp³-hybridized carbons (Fsp3) is 0.269. The molecule has 1 atom stereocenters. The number of hydrogen-bond acceptors (Lipinski definition) is 3. The number of β-amino-alcohol motifs (C(OH)–C–C–N with tert-alkyl or cyclic N) is 1. The second-order valence-corrected chi connectivity index (χ2v) is 9.28. The number of hydrogen-bond donors (Lipinski definition) is 1. The van der Waals surface area contributed by atoms with Crippen molar-refractivity contribution >= 4 is 22.0 Å². The van der Waals surface area contributed by atoms with Crippen LogP contribution in [0.4, 0.5) is 4.79 Å². The summed E-state index contributed by atoms with van der Waals surface area (Å²) in [5, 5.41) is 11.2. The van der Waals surface area contributed by atoms with Gasteiger partial charge in [-0.05, 0) is 52.8 Å². The minimum absolute atomic E-state index is 0.0338. The zero-order valence-corrected chi connectivity index (χ0v) is 18.7. The van der Waals surface area contributed by atoms with Gasteiger partial charge in [-0.25, -0.2) is 4.79 Å². The highest BCUT2D eigenvalue weighted by atomic mass is 79.9. The second-order valence-electron chi connectivity index (χ2n) is 8.37. The number of aliphatic hydroxyl groups is 1. The molecule has 4 nitrogen and oxygen atoms in total. The van der Waals surface area contributed by atoms with Crippen LogP contribution in [0.15, 0.2) is 77.3 Å². The average Bonchev–Trinajstić information content (AvgIpc) is 3.11. The molecule has 1 fully saturated rings. The third kappa shape index (κ3) is 3.77. The highest BCUT2D eigenvalue weighted by Gasteiger charge is 2.38. The van der Waals surface area contributed by atoms with Crippen molar-refractivity contribution in [3.63, 3.8) is 0 Å². The van der Waals surface area contributed by atoms with Crippen molar-refractivity contribution in [2.75, 3.05) is 19.7 Å². The Morgan fingerprint density at radius 1 is 1.00 bits per heavy atom. The van der Waals surface area contributed by atoms with Gasteiger partial charge in [-0.15, -0.1) is 0 Å². The van der Waals surface area contributed by atoms with E-state index in [1.54, 1.807) is 4.90 Å². The monoisotopic (exact) mass is 477 g/mol. The summed E-state index contributed by atoms with van der Waals surface area (Å²) >= 11 is 3.43. The summed E-state index contributed by atoms with van der Waals surface area (Å²) in [4.78, 5) is 14.6. The first-order valence-corrected chi connectivity index (χ1v) is 11.4. The van der Waals surface area contributed by atoms with Gasteiger partial charge in [0.2, 0.25) is 0 Å². The van der Waals surface area contributed by atoms with Crippen LogP contribution in [-0.4, -0.2) is 35.8 Å². The standard InChI is InChI=1S/C26H24BrNO3/c27-19-12-10-18(11-13-19)26(30)14-5-15-28(17-26)25(29)31-16-24-22-8-3-1-6-20(22)21-7-2-4-9-23(21)24/h1-4,6-13,24,30H,5,14-17H2. The summed E-state index contributed by atoms with van der Waals surface area (Å²) in [6, 6.07) is 24.3. The van der Waals surface area contributed by atoms with Gasteiger partial charge in [-0.2, -0.15) is 0 Å². The van der Waals surface area contributed by atoms with Crippen LogP contribution < -0.4 is 0 Å². The van der Waals surface area contributed by atoms with Gasteiger partial charge in [-0.1, -0.05) is 76.6 Å². The quantitative estimate of drug-likeness (QED) is 0.527. The number of carbonyl (C=O) groups is 1. The SMILES string of the molecule is O=C(OCC1c2ccccc2-c2ccccc21)N1CCCC(O)(c2ccc(Br)cc2)C1. The van der Waals surface area contributed by atoms with E-state index in [0.717, 1.165) is 16.5 Å². The first-order valence-electron chi connectivity index (χ1n) is 10.6. The Bertz CT molecular complexity index is 1070. The van der Waals surface area contributed by atoms with Crippen molar-refractivity contribution in [1.29, 1.82) is 0 Å². The van der Waals surface area contributed by atoms with Crippen molar-refractivity contribution in [2.24, 2.45) is 0 Å². The molecule has 0 radical (unpaired) electrons. The summed E-state index contributed by atoms with van der Waals surface area (Å²) in [6.07, 6.45) is 0.996. The molecule has 3 aromatic rings. The second kappa shape index (κ2) is 8.13. The Balaban J connectivity index is 1.30. The van der Waals surface area contributed by atoms with Gasteiger partial charge < -0.3 is 14.7 Å². The Morgan fingerprint density at radius 3 is 2.26 bits per heavy atom. The van der Waals surface area contributed by atoms with E-state index < -0.39 is 5.60 Å². The maximum absolute atomic E-state index is 12.9. The molecule has 1 aliphatic carbocycles. The van der Waals surface area contributed by atoms with E-state index in [2.05, 4.69) is 40.2 Å². The Labute approximate surface area is 190 Å². The van der Waals surface area contributed by atoms with E-state index in [9.17, 15) is 9.90 Å². The molecule has 158 valence electrons. The number of benzene rings is 3. The van der Waals surface area contributed by atoms with E-state index in [0.29, 0.717) is 19.6 Å². The molecule has 5 heteroatoms. The number of piperidine rings is 1. The van der Waals surface area contributed by atoms with Crippen molar-refractivity contribution in [2.45, 2.75) is 24.4 Å². The first-order chi connectivity index (χ1) is 15.0. The molecular formula is C26H24BrNO3. The van der Waals surface area contributed by atoms with E-state index in [-0.39, 0.29) is 18.6 Å². The van der Waals surface area contributed by atoms with Crippen molar-refractivity contribution in [3.8, 4) is 11.1 Å². The minimum atomic E-state index is -1.05. The number of rotatable bonds is 3. The molecule has 2 aliphatic rings. The topological polar surface area (TPSA) is 49.8 Å². The van der Waals surface area contributed by atoms with Crippen LogP contribution in [0.5, 0.6) is 0 Å². The molecule has 1 heterocycles. The van der Waals surface area contributed by atoms with Crippen LogP contribution in [-0.2, 0) is 10.3 Å². The van der Waals surface area contributed by atoms with E-state index in [4.69, 9.17) is 4.74 Å². The fourth-order valence-electron chi connectivity index (χ4n) is 4.87. The van der Waals surface area contributed by atoms with Gasteiger partial charge in [-0.3, -0.25) is 0 Å². The molecule has 31 heavy (non-hydrogen) atoms. The third-order valence-electron chi connectivity index (χ3n) is 6.45. The highest BCUT2D eigenvalue weighted by Crippen LogP contribution is 2.44. The Hall–Kier alpha value is -2.63. The van der Waals surface area contributed by atoms with Gasteiger partial charge in [0.1, 0.15) is 12.2 Å². The molecule has 3 aromatic carbocycles. The maximum atomic E-state index is 12.9. The van der Waals surface area contributed by atoms with Gasteiger partial charge in [0.05, 0.1) is 6.54 Å². The first kappa shape index (κ1) is 20.3. The summed E-state index contributed by atoms with van der Waals surface area (Å²) in [6.45, 7) is 1.13. The Morgan fingerprint density at radius 2 is 1.61 bits per heavy atom. The number of carbonyl (C=O) groups excluding carboxylic acids is 1. The van der Waals surface area contributed by atoms with E-state index >= 15 is 0 Å². The van der Waals surface area contributed by atoms with Crippen molar-refractivity contribution < 1.29 is 14.6 Å². The van der Waals surface area contributed by atoms with Gasteiger partial charge in [0.25, 0.3) is 0 Å². The fourth-order valence-corrected chi connectivity index (χ4v) is 5.14. The zero-order valence-electron chi connectivity index (χ0n) is 17.1. The lowest BCUT2D eigenvalue weighted by Gasteiger charge is -2.39. The molecule has 1 unspecified atom stereocenters. The third-order valence-corrected chi connectivity index (χ3v) is 6.98. The molecule has 0 bridgehead atoms. The molecule has 0 saturated carbocycles. The predicted molar refractivity (Wildman–Crippen MR) is 124 cm³/mol. The van der Waals surface area contributed by atoms with Gasteiger partial charge >= 0.3 is 6.09 Å². The molecule has 1 N–H and O–H groups in total. The molecular weight excluding hydrogens is 454 g/mol. The maximum Gasteiger partial charge on any atom is 0.409 e. The lowest BCUT2D eigenvalue weighted by Crippen LogP contribution is -2.48. The van der Waals surface area contributed by atoms with Crippen LogP contribution in [0.1, 0.15) is 35.4 Å². The van der Waals surface area contributed by atoms with Gasteiger partial charge in [0.15, 0.2) is 0 Å². The molecule has 1 saturated heterocycles. The van der Waals surface area contributed by atoms with Crippen molar-refractivity contribution in [1.82, 2.24) is 4.90 Å². The normalized spacial score (nSPS) is 20.3. The van der Waals surface area contributed by atoms with Crippen molar-refractivity contribution in [3.05, 3.63) is 94.0 Å². The predicted octanol–water partition coefficient (Wildman–Crippen LogP) is 5.68. The number of halogens is 1. The smallest absolute Gasteiger partial charge is 0.409 e. The van der Waals surface area contributed by atoms with Crippen LogP contribution in [0.25, 0.3) is 11.1 Å². The molecule has 0 spiro atoms. The van der Waals surface area contributed by atoms with E-state index in [1.807, 2.05) is 48.5 Å². The molecule has 1 amide bonds. The number of ether oxygens (including phenoxy) is 1. The lowest BCUT2D eigenvalue weighted by atomic mass is 9.86. The van der Waals surface area contributed by atoms with E-state index in [1.165, 1.54) is 22.3 Å². The largest absolute Gasteiger partial charge is 0.448 e. The minimum Gasteiger partial charge on any atom is -0.448 e. The van der Waals surface area contributed by atoms with Crippen LogP contribution >= 0.6 is 15.9 Å². The summed E-state index contributed by atoms with van der Waals surface area (Å²) in [5.41, 5.74) is 4.59. The lowest BCUT2D eigenvalue weighted by molar-refractivity contribution is -0.0342. The summed E-state index contributed by atoms with van der Waals surface area (Å²) in [7, 11) is 0. The zero-order chi connectivity index (χ0) is 21.4. The highest BCUT2D eigenvalue weighted by molar-refractivity contribution is 9.10. The van der Waals surface area contributed by atoms with Gasteiger partial charge in [0, 0.05) is 16.9 Å². The molecule has 5 rings (SSSR count). The summed E-state index contributed by atoms with van der Waals surface area (Å²) in [5.74, 6) is 0.0338.